The third-order valence-corrected chi connectivity index (χ3v) is 2.34. The van der Waals surface area contributed by atoms with Gasteiger partial charge in [0.1, 0.15) is 11.6 Å². The van der Waals surface area contributed by atoms with Crippen LogP contribution in [0.15, 0.2) is 18.2 Å². The molecular formula is C12H15ClFNO. The van der Waals surface area contributed by atoms with Gasteiger partial charge in [0.25, 0.3) is 0 Å². The van der Waals surface area contributed by atoms with E-state index in [0.717, 1.165) is 0 Å². The second-order valence-corrected chi connectivity index (χ2v) is 5.04. The molecule has 0 aliphatic rings. The third-order valence-electron chi connectivity index (χ3n) is 2.04. The van der Waals surface area contributed by atoms with Gasteiger partial charge in [-0.05, 0) is 31.5 Å². The molecule has 0 bridgehead atoms. The lowest BCUT2D eigenvalue weighted by atomic mass is 9.96. The van der Waals surface area contributed by atoms with Gasteiger partial charge in [-0.25, -0.2) is 4.39 Å². The van der Waals surface area contributed by atoms with Gasteiger partial charge >= 0.3 is 0 Å². The van der Waals surface area contributed by atoms with Crippen molar-refractivity contribution in [2.24, 2.45) is 5.73 Å². The Morgan fingerprint density at radius 3 is 2.62 bits per heavy atom. The van der Waals surface area contributed by atoms with Crippen LogP contribution < -0.4 is 5.73 Å². The van der Waals surface area contributed by atoms with Gasteiger partial charge in [0, 0.05) is 18.4 Å². The average Bonchev–Trinajstić information content (AvgIpc) is 2.08. The maximum absolute atomic E-state index is 13.1. The first kappa shape index (κ1) is 13.1. The van der Waals surface area contributed by atoms with Crippen molar-refractivity contribution < 1.29 is 9.18 Å². The van der Waals surface area contributed by atoms with Crippen LogP contribution in [0.3, 0.4) is 0 Å². The van der Waals surface area contributed by atoms with Gasteiger partial charge in [0.05, 0.1) is 5.02 Å². The van der Waals surface area contributed by atoms with Gasteiger partial charge in [0.2, 0.25) is 0 Å². The number of rotatable bonds is 4. The van der Waals surface area contributed by atoms with Crippen molar-refractivity contribution in [2.45, 2.75) is 32.2 Å². The van der Waals surface area contributed by atoms with E-state index in [9.17, 15) is 9.18 Å². The van der Waals surface area contributed by atoms with E-state index >= 15 is 0 Å². The zero-order valence-electron chi connectivity index (χ0n) is 9.39. The number of carbonyl (C=O) groups is 1. The summed E-state index contributed by atoms with van der Waals surface area (Å²) in [6.45, 7) is 3.57. The predicted octanol–water partition coefficient (Wildman–Crippen LogP) is 2.72. The smallest absolute Gasteiger partial charge is 0.142 e. The summed E-state index contributed by atoms with van der Waals surface area (Å²) in [5.41, 5.74) is 5.82. The summed E-state index contributed by atoms with van der Waals surface area (Å²) in [5.74, 6) is -0.506. The maximum atomic E-state index is 13.1. The molecule has 0 saturated carbocycles. The maximum Gasteiger partial charge on any atom is 0.142 e. The monoisotopic (exact) mass is 243 g/mol. The van der Waals surface area contributed by atoms with Gasteiger partial charge < -0.3 is 5.73 Å². The van der Waals surface area contributed by atoms with Crippen LogP contribution in [-0.2, 0) is 11.2 Å². The number of hydrogen-bond donors (Lipinski definition) is 1. The Morgan fingerprint density at radius 1 is 1.50 bits per heavy atom. The summed E-state index contributed by atoms with van der Waals surface area (Å²) in [7, 11) is 0. The van der Waals surface area contributed by atoms with Crippen molar-refractivity contribution in [2.75, 3.05) is 0 Å². The second-order valence-electron chi connectivity index (χ2n) is 4.63. The molecular weight excluding hydrogens is 229 g/mol. The van der Waals surface area contributed by atoms with E-state index in [1.807, 2.05) is 0 Å². The third kappa shape index (κ3) is 4.29. The highest BCUT2D eigenvalue weighted by molar-refractivity contribution is 6.30. The number of Topliss-reactive ketones (excluding diaryl/α,β-unsaturated/α-hetero) is 1. The summed E-state index contributed by atoms with van der Waals surface area (Å²) >= 11 is 5.54. The Hall–Kier alpha value is -0.930. The minimum atomic E-state index is -0.526. The molecule has 4 heteroatoms. The van der Waals surface area contributed by atoms with E-state index in [2.05, 4.69) is 0 Å². The van der Waals surface area contributed by atoms with E-state index in [1.54, 1.807) is 19.9 Å². The Morgan fingerprint density at radius 2 is 2.12 bits per heavy atom. The molecule has 1 aromatic rings. The van der Waals surface area contributed by atoms with Crippen LogP contribution in [0.5, 0.6) is 0 Å². The molecule has 0 saturated heterocycles. The van der Waals surface area contributed by atoms with E-state index in [0.29, 0.717) is 5.56 Å². The molecule has 0 atom stereocenters. The summed E-state index contributed by atoms with van der Waals surface area (Å²) in [6.07, 6.45) is 0.464. The molecule has 0 heterocycles. The Bertz CT molecular complexity index is 398. The van der Waals surface area contributed by atoms with Crippen LogP contribution in [0.25, 0.3) is 0 Å². The lowest BCUT2D eigenvalue weighted by Gasteiger charge is -2.16. The molecule has 0 fully saturated rings. The highest BCUT2D eigenvalue weighted by atomic mass is 35.5. The number of nitrogens with two attached hydrogens (primary N) is 1. The molecule has 0 aliphatic carbocycles. The van der Waals surface area contributed by atoms with Gasteiger partial charge in [-0.2, -0.15) is 0 Å². The largest absolute Gasteiger partial charge is 0.325 e. The van der Waals surface area contributed by atoms with E-state index in [1.165, 1.54) is 12.1 Å². The lowest BCUT2D eigenvalue weighted by molar-refractivity contribution is -0.119. The van der Waals surface area contributed by atoms with Gasteiger partial charge in [0.15, 0.2) is 0 Å². The van der Waals surface area contributed by atoms with Crippen molar-refractivity contribution in [1.82, 2.24) is 0 Å². The average molecular weight is 244 g/mol. The van der Waals surface area contributed by atoms with Crippen LogP contribution in [0.2, 0.25) is 5.02 Å². The highest BCUT2D eigenvalue weighted by Gasteiger charge is 2.16. The first-order valence-electron chi connectivity index (χ1n) is 5.02. The SMILES string of the molecule is CC(C)(N)CC(=O)Cc1ccc(Cl)c(F)c1. The predicted molar refractivity (Wildman–Crippen MR) is 63.0 cm³/mol. The highest BCUT2D eigenvalue weighted by Crippen LogP contribution is 2.17. The standard InChI is InChI=1S/C12H15ClFNO/c1-12(2,15)7-9(16)5-8-3-4-10(13)11(14)6-8/h3-4,6H,5,7,15H2,1-2H3. The van der Waals surface area contributed by atoms with Crippen molar-refractivity contribution in [3.8, 4) is 0 Å². The van der Waals surface area contributed by atoms with Crippen molar-refractivity contribution >= 4 is 17.4 Å². The van der Waals surface area contributed by atoms with Crippen molar-refractivity contribution in [3.63, 3.8) is 0 Å². The Kier molecular flexibility index (Phi) is 4.05. The molecule has 0 unspecified atom stereocenters. The summed E-state index contributed by atoms with van der Waals surface area (Å²) in [6, 6.07) is 4.38. The number of halogens is 2. The summed E-state index contributed by atoms with van der Waals surface area (Å²) in [4.78, 5) is 11.6. The second kappa shape index (κ2) is 4.93. The number of hydrogen-bond acceptors (Lipinski definition) is 2. The first-order valence-corrected chi connectivity index (χ1v) is 5.40. The molecule has 88 valence electrons. The normalized spacial score (nSPS) is 11.6. The zero-order chi connectivity index (χ0) is 12.3. The van der Waals surface area contributed by atoms with Crippen LogP contribution in [-0.4, -0.2) is 11.3 Å². The quantitative estimate of drug-likeness (QED) is 0.884. The molecule has 2 nitrogen and oxygen atoms in total. The summed E-state index contributed by atoms with van der Waals surface area (Å²) < 4.78 is 13.1. The molecule has 2 N–H and O–H groups in total. The molecule has 16 heavy (non-hydrogen) atoms. The fraction of sp³-hybridized carbons (Fsp3) is 0.417. The van der Waals surface area contributed by atoms with Crippen LogP contribution >= 0.6 is 11.6 Å². The first-order chi connectivity index (χ1) is 7.28. The molecule has 1 rings (SSSR count). The molecule has 0 radical (unpaired) electrons. The minimum Gasteiger partial charge on any atom is -0.325 e. The molecule has 0 spiro atoms. The Balaban J connectivity index is 2.67. The molecule has 1 aromatic carbocycles. The zero-order valence-corrected chi connectivity index (χ0v) is 10.1. The van der Waals surface area contributed by atoms with E-state index in [-0.39, 0.29) is 23.6 Å². The van der Waals surface area contributed by atoms with Crippen molar-refractivity contribution in [1.29, 1.82) is 0 Å². The molecule has 0 amide bonds. The lowest BCUT2D eigenvalue weighted by Crippen LogP contribution is -2.35. The molecule has 0 aliphatic heterocycles. The van der Waals surface area contributed by atoms with Gasteiger partial charge in [-0.15, -0.1) is 0 Å². The Labute approximate surface area is 99.6 Å². The number of ketones is 1. The van der Waals surface area contributed by atoms with E-state index < -0.39 is 11.4 Å². The number of carbonyl (C=O) groups excluding carboxylic acids is 1. The van der Waals surface area contributed by atoms with Gasteiger partial charge in [-0.1, -0.05) is 17.7 Å². The minimum absolute atomic E-state index is 0.00535. The fourth-order valence-corrected chi connectivity index (χ4v) is 1.57. The van der Waals surface area contributed by atoms with Crippen LogP contribution in [0.4, 0.5) is 4.39 Å². The van der Waals surface area contributed by atoms with E-state index in [4.69, 9.17) is 17.3 Å². The van der Waals surface area contributed by atoms with Gasteiger partial charge in [-0.3, -0.25) is 4.79 Å². The molecule has 0 aromatic heterocycles. The fourth-order valence-electron chi connectivity index (χ4n) is 1.45. The summed E-state index contributed by atoms with van der Waals surface area (Å²) in [5, 5.41) is 0.0651. The topological polar surface area (TPSA) is 43.1 Å². The number of benzene rings is 1. The van der Waals surface area contributed by atoms with Crippen LogP contribution in [0.1, 0.15) is 25.8 Å². The van der Waals surface area contributed by atoms with Crippen molar-refractivity contribution in [3.05, 3.63) is 34.6 Å². The van der Waals surface area contributed by atoms with Crippen LogP contribution in [0, 0.1) is 5.82 Å².